The van der Waals surface area contributed by atoms with Crippen molar-refractivity contribution < 1.29 is 0 Å². The number of hydrogen-bond donors (Lipinski definition) is 0. The van der Waals surface area contributed by atoms with Gasteiger partial charge in [0, 0.05) is 58.9 Å². The zero-order valence-electron chi connectivity index (χ0n) is 33.5. The van der Waals surface area contributed by atoms with Crippen LogP contribution in [0, 0.1) is 0 Å². The number of para-hydroxylation sites is 2. The molecule has 3 heterocycles. The largest absolute Gasteiger partial charge is 0.309 e. The lowest BCUT2D eigenvalue weighted by molar-refractivity contribution is 1.07. The van der Waals surface area contributed by atoms with Gasteiger partial charge in [0.15, 0.2) is 17.5 Å². The van der Waals surface area contributed by atoms with Crippen LogP contribution in [0.15, 0.2) is 218 Å². The molecule has 0 saturated carbocycles. The van der Waals surface area contributed by atoms with E-state index in [0.717, 1.165) is 27.9 Å². The van der Waals surface area contributed by atoms with E-state index in [1.54, 1.807) is 0 Å². The average Bonchev–Trinajstić information content (AvgIpc) is 3.90. The highest BCUT2D eigenvalue weighted by Crippen LogP contribution is 2.44. The number of nitrogens with zero attached hydrogens (tertiary/aromatic N) is 4. The maximum absolute atomic E-state index is 5.11. The lowest BCUT2D eigenvalue weighted by atomic mass is 9.93. The fraction of sp³-hybridized carbons (Fsp3) is 0. The van der Waals surface area contributed by atoms with Crippen LogP contribution in [-0.2, 0) is 0 Å². The van der Waals surface area contributed by atoms with Crippen LogP contribution < -0.4 is 0 Å². The number of thiophene rings is 1. The van der Waals surface area contributed by atoms with Gasteiger partial charge in [-0.15, -0.1) is 11.3 Å². The van der Waals surface area contributed by atoms with Crippen molar-refractivity contribution in [2.45, 2.75) is 0 Å². The minimum absolute atomic E-state index is 0.645. The molecule has 290 valence electrons. The fourth-order valence-corrected chi connectivity index (χ4v) is 10.2. The standard InChI is InChI=1S/C57H36N4S/c1-4-15-37(16-5-1)38-27-29-40(30-28-38)56-58-55(39-17-6-2-7-18-39)59-57(60-56)42-32-34-48-50-25-14-24-49(54(50)62-53(48)36-42)45-22-11-10-21-44(45)41-31-33-47-46-23-12-13-26-51(46)61(52(47)35-41)43-19-8-3-9-20-43/h1-36H. The van der Waals surface area contributed by atoms with E-state index in [1.165, 1.54) is 69.8 Å². The molecule has 0 atom stereocenters. The first-order valence-corrected chi connectivity index (χ1v) is 21.7. The second-order valence-corrected chi connectivity index (χ2v) is 16.6. The first kappa shape index (κ1) is 35.9. The first-order chi connectivity index (χ1) is 30.7. The van der Waals surface area contributed by atoms with Crippen molar-refractivity contribution in [2.75, 3.05) is 0 Å². The number of benzene rings is 9. The molecule has 12 rings (SSSR count). The van der Waals surface area contributed by atoms with Crippen LogP contribution in [0.25, 0.3) is 115 Å². The fourth-order valence-electron chi connectivity index (χ4n) is 8.91. The number of rotatable bonds is 7. The molecule has 0 saturated heterocycles. The Labute approximate surface area is 362 Å². The summed E-state index contributed by atoms with van der Waals surface area (Å²) in [5, 5.41) is 4.96. The van der Waals surface area contributed by atoms with Crippen LogP contribution in [0.3, 0.4) is 0 Å². The maximum Gasteiger partial charge on any atom is 0.164 e. The van der Waals surface area contributed by atoms with Gasteiger partial charge in [0.1, 0.15) is 0 Å². The molecule has 0 aliphatic carbocycles. The third-order valence-electron chi connectivity index (χ3n) is 11.9. The molecule has 0 bridgehead atoms. The Kier molecular flexibility index (Phi) is 8.65. The SMILES string of the molecule is c1ccc(-c2ccc(-c3nc(-c4ccccc4)nc(-c4ccc5c(c4)sc4c(-c6ccccc6-c6ccc7c8ccccc8n(-c8ccccc8)c7c6)cccc45)n3)cc2)cc1. The molecular weight excluding hydrogens is 773 g/mol. The van der Waals surface area contributed by atoms with Gasteiger partial charge in [0.05, 0.1) is 11.0 Å². The van der Waals surface area contributed by atoms with Gasteiger partial charge in [-0.05, 0) is 58.1 Å². The van der Waals surface area contributed by atoms with E-state index in [0.29, 0.717) is 17.5 Å². The number of fused-ring (bicyclic) bond motifs is 6. The predicted molar refractivity (Wildman–Crippen MR) is 260 cm³/mol. The molecule has 5 heteroatoms. The summed E-state index contributed by atoms with van der Waals surface area (Å²) in [4.78, 5) is 15.2. The van der Waals surface area contributed by atoms with Gasteiger partial charge in [-0.2, -0.15) is 0 Å². The predicted octanol–water partition coefficient (Wildman–Crippen LogP) is 15.3. The van der Waals surface area contributed by atoms with E-state index in [2.05, 4.69) is 199 Å². The van der Waals surface area contributed by atoms with Gasteiger partial charge in [-0.25, -0.2) is 15.0 Å². The van der Waals surface area contributed by atoms with Crippen LogP contribution in [0.2, 0.25) is 0 Å². The van der Waals surface area contributed by atoms with Crippen molar-refractivity contribution in [3.63, 3.8) is 0 Å². The Morgan fingerprint density at radius 3 is 1.56 bits per heavy atom. The topological polar surface area (TPSA) is 43.6 Å². The van der Waals surface area contributed by atoms with Gasteiger partial charge in [-0.3, -0.25) is 0 Å². The molecule has 0 unspecified atom stereocenters. The summed E-state index contributed by atoms with van der Waals surface area (Å²) in [7, 11) is 0. The van der Waals surface area contributed by atoms with Crippen molar-refractivity contribution in [3.05, 3.63) is 218 Å². The molecule has 3 aromatic heterocycles. The second kappa shape index (κ2) is 14.9. The van der Waals surface area contributed by atoms with E-state index >= 15 is 0 Å². The summed E-state index contributed by atoms with van der Waals surface area (Å²) >= 11 is 1.83. The quantitative estimate of drug-likeness (QED) is 0.161. The monoisotopic (exact) mass is 808 g/mol. The Bertz CT molecular complexity index is 3610. The van der Waals surface area contributed by atoms with E-state index in [-0.39, 0.29) is 0 Å². The summed E-state index contributed by atoms with van der Waals surface area (Å²) in [6.45, 7) is 0. The van der Waals surface area contributed by atoms with E-state index in [4.69, 9.17) is 15.0 Å². The van der Waals surface area contributed by atoms with Crippen LogP contribution in [-0.4, -0.2) is 19.5 Å². The van der Waals surface area contributed by atoms with Crippen LogP contribution in [0.4, 0.5) is 0 Å². The van der Waals surface area contributed by atoms with Gasteiger partial charge in [-0.1, -0.05) is 188 Å². The van der Waals surface area contributed by atoms with Crippen molar-refractivity contribution in [1.29, 1.82) is 0 Å². The highest BCUT2D eigenvalue weighted by Gasteiger charge is 2.19. The Hall–Kier alpha value is -7.99. The average molecular weight is 809 g/mol. The third-order valence-corrected chi connectivity index (χ3v) is 13.1. The summed E-state index contributed by atoms with van der Waals surface area (Å²) in [6.07, 6.45) is 0. The molecule has 0 amide bonds. The van der Waals surface area contributed by atoms with Crippen molar-refractivity contribution >= 4 is 53.3 Å². The Morgan fingerprint density at radius 1 is 0.306 bits per heavy atom. The lowest BCUT2D eigenvalue weighted by Gasteiger charge is -2.13. The Balaban J connectivity index is 0.969. The highest BCUT2D eigenvalue weighted by molar-refractivity contribution is 7.26. The molecule has 0 spiro atoms. The van der Waals surface area contributed by atoms with Gasteiger partial charge < -0.3 is 4.57 Å². The minimum Gasteiger partial charge on any atom is -0.309 e. The van der Waals surface area contributed by atoms with Crippen LogP contribution >= 0.6 is 11.3 Å². The molecule has 0 aliphatic rings. The smallest absolute Gasteiger partial charge is 0.164 e. The van der Waals surface area contributed by atoms with E-state index in [9.17, 15) is 0 Å². The van der Waals surface area contributed by atoms with Gasteiger partial charge >= 0.3 is 0 Å². The molecule has 0 N–H and O–H groups in total. The van der Waals surface area contributed by atoms with E-state index < -0.39 is 0 Å². The zero-order chi connectivity index (χ0) is 41.0. The van der Waals surface area contributed by atoms with Gasteiger partial charge in [0.25, 0.3) is 0 Å². The summed E-state index contributed by atoms with van der Waals surface area (Å²) in [5.41, 5.74) is 13.5. The molecule has 0 aliphatic heterocycles. The molecular formula is C57H36N4S. The van der Waals surface area contributed by atoms with Crippen molar-refractivity contribution in [1.82, 2.24) is 19.5 Å². The number of aromatic nitrogens is 4. The van der Waals surface area contributed by atoms with Crippen molar-refractivity contribution in [2.24, 2.45) is 0 Å². The van der Waals surface area contributed by atoms with Crippen LogP contribution in [0.1, 0.15) is 0 Å². The summed E-state index contributed by atoms with van der Waals surface area (Å²) in [6, 6.07) is 77.5. The second-order valence-electron chi connectivity index (χ2n) is 15.6. The maximum atomic E-state index is 5.11. The molecule has 12 aromatic rings. The van der Waals surface area contributed by atoms with Gasteiger partial charge in [0.2, 0.25) is 0 Å². The summed E-state index contributed by atoms with van der Waals surface area (Å²) < 4.78 is 4.83. The Morgan fingerprint density at radius 2 is 0.806 bits per heavy atom. The minimum atomic E-state index is 0.645. The molecule has 62 heavy (non-hydrogen) atoms. The highest BCUT2D eigenvalue weighted by atomic mass is 32.1. The van der Waals surface area contributed by atoms with Crippen molar-refractivity contribution in [3.8, 4) is 73.2 Å². The van der Waals surface area contributed by atoms with Crippen LogP contribution in [0.5, 0.6) is 0 Å². The third kappa shape index (κ3) is 6.18. The first-order valence-electron chi connectivity index (χ1n) is 20.8. The summed E-state index contributed by atoms with van der Waals surface area (Å²) in [5.74, 6) is 1.94. The molecule has 0 radical (unpaired) electrons. The molecule has 9 aromatic carbocycles. The molecule has 4 nitrogen and oxygen atoms in total. The normalized spacial score (nSPS) is 11.5. The zero-order valence-corrected chi connectivity index (χ0v) is 34.3. The molecule has 0 fully saturated rings. The van der Waals surface area contributed by atoms with E-state index in [1.807, 2.05) is 35.6 Å². The number of hydrogen-bond acceptors (Lipinski definition) is 4. The lowest BCUT2D eigenvalue weighted by Crippen LogP contribution is -2.00.